The number of ether oxygens (including phenoxy) is 2. The number of piperazine rings is 1. The van der Waals surface area contributed by atoms with E-state index in [1.165, 1.54) is 12.8 Å². The zero-order chi connectivity index (χ0) is 21.6. The Morgan fingerprint density at radius 1 is 1.13 bits per heavy atom. The van der Waals surface area contributed by atoms with E-state index in [1.807, 2.05) is 25.7 Å². The van der Waals surface area contributed by atoms with Gasteiger partial charge < -0.3 is 24.6 Å². The molecule has 0 bridgehead atoms. The minimum Gasteiger partial charge on any atom is -0.444 e. The van der Waals surface area contributed by atoms with Crippen molar-refractivity contribution in [2.75, 3.05) is 72.1 Å². The van der Waals surface area contributed by atoms with Gasteiger partial charge in [-0.05, 0) is 47.0 Å². The number of carbonyl (C=O) groups is 1. The molecule has 3 saturated heterocycles. The average molecular weight is 424 g/mol. The van der Waals surface area contributed by atoms with Crippen LogP contribution in [0.25, 0.3) is 0 Å². The standard InChI is InChI=1S/C22H41N5O3/c1-5-23-19(27-11-7-22(17-27)8-16-29-18-22)24-9-6-10-25-12-14-26(15-13-25)20(28)30-21(2,3)4/h5-18H2,1-4H3,(H,23,24). The molecule has 3 aliphatic rings. The first-order valence-electron chi connectivity index (χ1n) is 11.6. The van der Waals surface area contributed by atoms with Crippen LogP contribution in [0.1, 0.15) is 47.0 Å². The lowest BCUT2D eigenvalue weighted by Gasteiger charge is -2.35. The molecule has 1 spiro atoms. The van der Waals surface area contributed by atoms with Gasteiger partial charge in [-0.15, -0.1) is 0 Å². The van der Waals surface area contributed by atoms with E-state index in [1.54, 1.807) is 0 Å². The maximum Gasteiger partial charge on any atom is 0.410 e. The number of guanidine groups is 1. The molecule has 8 heteroatoms. The highest BCUT2D eigenvalue weighted by Crippen LogP contribution is 2.38. The number of aliphatic imine (C=N–C) groups is 1. The van der Waals surface area contributed by atoms with Crippen molar-refractivity contribution >= 4 is 12.1 Å². The van der Waals surface area contributed by atoms with Crippen LogP contribution in [-0.2, 0) is 9.47 Å². The van der Waals surface area contributed by atoms with E-state index in [4.69, 9.17) is 14.5 Å². The van der Waals surface area contributed by atoms with Gasteiger partial charge in [-0.1, -0.05) is 0 Å². The fourth-order valence-corrected chi connectivity index (χ4v) is 4.47. The summed E-state index contributed by atoms with van der Waals surface area (Å²) >= 11 is 0. The summed E-state index contributed by atoms with van der Waals surface area (Å²) in [4.78, 5) is 23.7. The summed E-state index contributed by atoms with van der Waals surface area (Å²) in [5.74, 6) is 1.05. The molecule has 1 atom stereocenters. The van der Waals surface area contributed by atoms with Crippen molar-refractivity contribution in [1.82, 2.24) is 20.0 Å². The van der Waals surface area contributed by atoms with E-state index in [2.05, 4.69) is 22.0 Å². The molecule has 172 valence electrons. The first-order valence-corrected chi connectivity index (χ1v) is 11.6. The van der Waals surface area contributed by atoms with E-state index < -0.39 is 5.60 Å². The largest absolute Gasteiger partial charge is 0.444 e. The van der Waals surface area contributed by atoms with Crippen LogP contribution in [0.3, 0.4) is 0 Å². The van der Waals surface area contributed by atoms with Crippen LogP contribution in [0.2, 0.25) is 0 Å². The number of nitrogens with one attached hydrogen (secondary N) is 1. The normalized spacial score (nSPS) is 25.9. The molecule has 3 heterocycles. The van der Waals surface area contributed by atoms with Crippen LogP contribution in [0, 0.1) is 5.41 Å². The highest BCUT2D eigenvalue weighted by molar-refractivity contribution is 5.80. The third kappa shape index (κ3) is 6.48. The van der Waals surface area contributed by atoms with E-state index in [0.717, 1.165) is 84.5 Å². The molecule has 30 heavy (non-hydrogen) atoms. The molecule has 8 nitrogen and oxygen atoms in total. The Kier molecular flexibility index (Phi) is 7.85. The van der Waals surface area contributed by atoms with Crippen molar-refractivity contribution in [1.29, 1.82) is 0 Å². The number of rotatable bonds is 5. The summed E-state index contributed by atoms with van der Waals surface area (Å²) in [7, 11) is 0. The molecular weight excluding hydrogens is 382 g/mol. The Labute approximate surface area is 181 Å². The maximum atomic E-state index is 12.2. The molecule has 1 amide bonds. The van der Waals surface area contributed by atoms with Crippen LogP contribution < -0.4 is 5.32 Å². The van der Waals surface area contributed by atoms with Gasteiger partial charge in [-0.2, -0.15) is 0 Å². The van der Waals surface area contributed by atoms with Gasteiger partial charge in [0.2, 0.25) is 0 Å². The second kappa shape index (κ2) is 10.2. The lowest BCUT2D eigenvalue weighted by atomic mass is 9.87. The van der Waals surface area contributed by atoms with E-state index in [9.17, 15) is 4.79 Å². The van der Waals surface area contributed by atoms with Crippen molar-refractivity contribution in [3.8, 4) is 0 Å². The Balaban J connectivity index is 1.38. The summed E-state index contributed by atoms with van der Waals surface area (Å²) in [6, 6.07) is 0. The van der Waals surface area contributed by atoms with Gasteiger partial charge in [0.25, 0.3) is 0 Å². The van der Waals surface area contributed by atoms with E-state index >= 15 is 0 Å². The molecule has 0 aromatic carbocycles. The van der Waals surface area contributed by atoms with Crippen molar-refractivity contribution < 1.29 is 14.3 Å². The van der Waals surface area contributed by atoms with Crippen molar-refractivity contribution in [2.45, 2.75) is 52.6 Å². The van der Waals surface area contributed by atoms with Crippen LogP contribution in [0.4, 0.5) is 4.79 Å². The van der Waals surface area contributed by atoms with Crippen molar-refractivity contribution in [3.05, 3.63) is 0 Å². The summed E-state index contributed by atoms with van der Waals surface area (Å²) < 4.78 is 11.1. The summed E-state index contributed by atoms with van der Waals surface area (Å²) in [5.41, 5.74) is -0.0831. The SMILES string of the molecule is CCNC(=NCCCN1CCN(C(=O)OC(C)(C)C)CC1)N1CCC2(CCOC2)C1. The lowest BCUT2D eigenvalue weighted by Crippen LogP contribution is -2.50. The molecule has 3 fully saturated rings. The first-order chi connectivity index (χ1) is 14.3. The molecule has 3 rings (SSSR count). The fourth-order valence-electron chi connectivity index (χ4n) is 4.47. The second-order valence-corrected chi connectivity index (χ2v) is 9.87. The van der Waals surface area contributed by atoms with Gasteiger partial charge in [0, 0.05) is 70.9 Å². The van der Waals surface area contributed by atoms with Gasteiger partial charge in [0.05, 0.1) is 6.61 Å². The number of carbonyl (C=O) groups excluding carboxylic acids is 1. The highest BCUT2D eigenvalue weighted by Gasteiger charge is 2.42. The van der Waals surface area contributed by atoms with Gasteiger partial charge in [-0.25, -0.2) is 4.79 Å². The van der Waals surface area contributed by atoms with Gasteiger partial charge in [0.15, 0.2) is 5.96 Å². The smallest absolute Gasteiger partial charge is 0.410 e. The Hall–Kier alpha value is -1.54. The molecular formula is C22H41N5O3. The maximum absolute atomic E-state index is 12.2. The van der Waals surface area contributed by atoms with Gasteiger partial charge in [0.1, 0.15) is 5.60 Å². The summed E-state index contributed by atoms with van der Waals surface area (Å²) in [6.07, 6.45) is 3.22. The number of hydrogen-bond acceptors (Lipinski definition) is 5. The monoisotopic (exact) mass is 423 g/mol. The Morgan fingerprint density at radius 2 is 1.90 bits per heavy atom. The third-order valence-electron chi connectivity index (χ3n) is 6.18. The lowest BCUT2D eigenvalue weighted by molar-refractivity contribution is 0.0145. The summed E-state index contributed by atoms with van der Waals surface area (Å²) in [6.45, 7) is 17.8. The third-order valence-corrected chi connectivity index (χ3v) is 6.18. The molecule has 0 radical (unpaired) electrons. The topological polar surface area (TPSA) is 69.6 Å². The fraction of sp³-hybridized carbons (Fsp3) is 0.909. The van der Waals surface area contributed by atoms with Crippen LogP contribution in [0.15, 0.2) is 4.99 Å². The Bertz CT molecular complexity index is 590. The zero-order valence-electron chi connectivity index (χ0n) is 19.4. The Morgan fingerprint density at radius 3 is 2.53 bits per heavy atom. The van der Waals surface area contributed by atoms with E-state index in [-0.39, 0.29) is 6.09 Å². The van der Waals surface area contributed by atoms with Crippen molar-refractivity contribution in [2.24, 2.45) is 10.4 Å². The molecule has 1 unspecified atom stereocenters. The molecule has 0 aliphatic carbocycles. The van der Waals surface area contributed by atoms with E-state index in [0.29, 0.717) is 5.41 Å². The highest BCUT2D eigenvalue weighted by atomic mass is 16.6. The second-order valence-electron chi connectivity index (χ2n) is 9.87. The molecule has 0 saturated carbocycles. The van der Waals surface area contributed by atoms with Crippen LogP contribution in [0.5, 0.6) is 0 Å². The number of hydrogen-bond donors (Lipinski definition) is 1. The minimum atomic E-state index is -0.434. The molecule has 3 aliphatic heterocycles. The minimum absolute atomic E-state index is 0.196. The molecule has 1 N–H and O–H groups in total. The summed E-state index contributed by atoms with van der Waals surface area (Å²) in [5, 5.41) is 3.47. The van der Waals surface area contributed by atoms with Crippen molar-refractivity contribution in [3.63, 3.8) is 0 Å². The zero-order valence-corrected chi connectivity index (χ0v) is 19.4. The van der Waals surface area contributed by atoms with Gasteiger partial charge in [-0.3, -0.25) is 9.89 Å². The molecule has 0 aromatic heterocycles. The first kappa shape index (κ1) is 23.1. The number of likely N-dealkylation sites (tertiary alicyclic amines) is 1. The average Bonchev–Trinajstić information content (AvgIpc) is 3.33. The number of amides is 1. The number of nitrogens with zero attached hydrogens (tertiary/aromatic N) is 4. The van der Waals surface area contributed by atoms with Gasteiger partial charge >= 0.3 is 6.09 Å². The quantitative estimate of drug-likeness (QED) is 0.414. The van der Waals surface area contributed by atoms with Crippen LogP contribution in [-0.4, -0.2) is 104 Å². The predicted octanol–water partition coefficient (Wildman–Crippen LogP) is 2.01. The predicted molar refractivity (Wildman–Crippen MR) is 119 cm³/mol. The van der Waals surface area contributed by atoms with Crippen LogP contribution >= 0.6 is 0 Å². The molecule has 0 aromatic rings.